The molecule has 0 radical (unpaired) electrons. The molecule has 2 aromatic carbocycles. The second-order valence-corrected chi connectivity index (χ2v) is 8.33. The predicted octanol–water partition coefficient (Wildman–Crippen LogP) is 4.15. The molecule has 2 aromatic rings. The minimum atomic E-state index is -0.348. The van der Waals surface area contributed by atoms with E-state index in [-0.39, 0.29) is 23.5 Å². The van der Waals surface area contributed by atoms with E-state index in [0.29, 0.717) is 18.4 Å². The van der Waals surface area contributed by atoms with Gasteiger partial charge in [0.25, 0.3) is 5.91 Å². The second kappa shape index (κ2) is 6.97. The second-order valence-electron chi connectivity index (χ2n) is 8.33. The first-order valence-corrected chi connectivity index (χ1v) is 9.83. The van der Waals surface area contributed by atoms with Crippen molar-refractivity contribution in [3.63, 3.8) is 0 Å². The lowest BCUT2D eigenvalue weighted by Crippen LogP contribution is -2.41. The number of carbonyl (C=O) groups is 2. The Balaban J connectivity index is 1.53. The lowest BCUT2D eigenvalue weighted by Gasteiger charge is -2.38. The van der Waals surface area contributed by atoms with Crippen LogP contribution in [0.5, 0.6) is 5.75 Å². The number of benzene rings is 2. The van der Waals surface area contributed by atoms with E-state index in [1.165, 1.54) is 0 Å². The van der Waals surface area contributed by atoms with Gasteiger partial charge >= 0.3 is 0 Å². The molecule has 0 unspecified atom stereocenters. The number of carbonyl (C=O) groups excluding carboxylic acids is 2. The van der Waals surface area contributed by atoms with Gasteiger partial charge in [-0.05, 0) is 63.1 Å². The average Bonchev–Trinajstić information content (AvgIpc) is 3.06. The molecule has 28 heavy (non-hydrogen) atoms. The maximum atomic E-state index is 12.9. The maximum absolute atomic E-state index is 12.9. The normalized spacial score (nSPS) is 20.5. The van der Waals surface area contributed by atoms with E-state index in [1.807, 2.05) is 51.1 Å². The van der Waals surface area contributed by atoms with Crippen LogP contribution in [-0.4, -0.2) is 24.0 Å². The van der Waals surface area contributed by atoms with Gasteiger partial charge in [-0.2, -0.15) is 0 Å². The number of anilines is 1. The first-order valence-electron chi connectivity index (χ1n) is 9.83. The van der Waals surface area contributed by atoms with Gasteiger partial charge < -0.3 is 15.0 Å². The minimum absolute atomic E-state index is 0.105. The monoisotopic (exact) mass is 378 g/mol. The van der Waals surface area contributed by atoms with Crippen molar-refractivity contribution in [1.29, 1.82) is 0 Å². The zero-order valence-corrected chi connectivity index (χ0v) is 16.6. The predicted molar refractivity (Wildman–Crippen MR) is 109 cm³/mol. The lowest BCUT2D eigenvalue weighted by atomic mass is 9.89. The summed E-state index contributed by atoms with van der Waals surface area (Å²) in [6.07, 6.45) is 2.19. The fraction of sp³-hybridized carbons (Fsp3) is 0.391. The van der Waals surface area contributed by atoms with E-state index in [9.17, 15) is 9.59 Å². The third-order valence-corrected chi connectivity index (χ3v) is 5.45. The Morgan fingerprint density at radius 3 is 2.61 bits per heavy atom. The minimum Gasteiger partial charge on any atom is -0.487 e. The van der Waals surface area contributed by atoms with Crippen molar-refractivity contribution in [2.45, 2.75) is 51.7 Å². The molecule has 1 N–H and O–H groups in total. The van der Waals surface area contributed by atoms with E-state index in [0.717, 1.165) is 35.5 Å². The lowest BCUT2D eigenvalue weighted by molar-refractivity contribution is -0.117. The molecule has 5 heteroatoms. The van der Waals surface area contributed by atoms with E-state index in [4.69, 9.17) is 4.74 Å². The number of aryl methyl sites for hydroxylation is 1. The molecule has 2 aliphatic heterocycles. The standard InChI is InChI=1S/C23H26N2O3/c1-15-6-11-18-19(14-23(2,3)28-20(18)13-15)24-22(27)16-7-9-17(10-8-16)25-12-4-5-21(25)26/h6-11,13,19H,4-5,12,14H2,1-3H3,(H,24,27)/t19-/m0/s1. The molecule has 2 amide bonds. The van der Waals surface area contributed by atoms with Crippen LogP contribution in [0.3, 0.4) is 0 Å². The zero-order valence-electron chi connectivity index (χ0n) is 16.6. The largest absolute Gasteiger partial charge is 0.487 e. The van der Waals surface area contributed by atoms with E-state index in [1.54, 1.807) is 17.0 Å². The summed E-state index contributed by atoms with van der Waals surface area (Å²) >= 11 is 0. The molecule has 0 bridgehead atoms. The van der Waals surface area contributed by atoms with Gasteiger partial charge in [-0.1, -0.05) is 12.1 Å². The van der Waals surface area contributed by atoms with Crippen molar-refractivity contribution in [3.05, 3.63) is 59.2 Å². The van der Waals surface area contributed by atoms with Crippen molar-refractivity contribution in [2.24, 2.45) is 0 Å². The number of fused-ring (bicyclic) bond motifs is 1. The Bertz CT molecular complexity index is 918. The summed E-state index contributed by atoms with van der Waals surface area (Å²) in [6, 6.07) is 13.3. The summed E-state index contributed by atoms with van der Waals surface area (Å²) in [5.41, 5.74) is 3.24. The quantitative estimate of drug-likeness (QED) is 0.873. The van der Waals surface area contributed by atoms with Crippen molar-refractivity contribution < 1.29 is 14.3 Å². The van der Waals surface area contributed by atoms with Crippen LogP contribution in [0.15, 0.2) is 42.5 Å². The summed E-state index contributed by atoms with van der Waals surface area (Å²) in [6.45, 7) is 6.86. The SMILES string of the molecule is Cc1ccc2c(c1)OC(C)(C)C[C@@H]2NC(=O)c1ccc(N2CCCC2=O)cc1. The Kier molecular flexibility index (Phi) is 4.61. The van der Waals surface area contributed by atoms with Gasteiger partial charge in [0.15, 0.2) is 0 Å². The average molecular weight is 378 g/mol. The van der Waals surface area contributed by atoms with Crippen LogP contribution in [0, 0.1) is 6.92 Å². The smallest absolute Gasteiger partial charge is 0.251 e. The Labute approximate surface area is 165 Å². The molecular weight excluding hydrogens is 352 g/mol. The van der Waals surface area contributed by atoms with Crippen LogP contribution in [0.2, 0.25) is 0 Å². The Morgan fingerprint density at radius 2 is 1.93 bits per heavy atom. The molecule has 0 spiro atoms. The number of nitrogens with zero attached hydrogens (tertiary/aromatic N) is 1. The van der Waals surface area contributed by atoms with Gasteiger partial charge in [-0.15, -0.1) is 0 Å². The third-order valence-electron chi connectivity index (χ3n) is 5.45. The van der Waals surface area contributed by atoms with Crippen LogP contribution in [-0.2, 0) is 4.79 Å². The van der Waals surface area contributed by atoms with Crippen LogP contribution in [0.1, 0.15) is 60.6 Å². The first kappa shape index (κ1) is 18.5. The highest BCUT2D eigenvalue weighted by Gasteiger charge is 2.34. The molecule has 2 aliphatic rings. The summed E-state index contributed by atoms with van der Waals surface area (Å²) in [5.74, 6) is 0.867. The molecule has 2 heterocycles. The van der Waals surface area contributed by atoms with Crippen LogP contribution >= 0.6 is 0 Å². The molecule has 1 saturated heterocycles. The number of hydrogen-bond donors (Lipinski definition) is 1. The highest BCUT2D eigenvalue weighted by Crippen LogP contribution is 2.40. The molecule has 4 rings (SSSR count). The van der Waals surface area contributed by atoms with Gasteiger partial charge in [-0.3, -0.25) is 9.59 Å². The van der Waals surface area contributed by atoms with E-state index < -0.39 is 0 Å². The first-order chi connectivity index (χ1) is 13.3. The Morgan fingerprint density at radius 1 is 1.18 bits per heavy atom. The zero-order chi connectivity index (χ0) is 19.9. The fourth-order valence-corrected chi connectivity index (χ4v) is 4.04. The molecular formula is C23H26N2O3. The van der Waals surface area contributed by atoms with Crippen LogP contribution in [0.25, 0.3) is 0 Å². The summed E-state index contributed by atoms with van der Waals surface area (Å²) in [7, 11) is 0. The van der Waals surface area contributed by atoms with Gasteiger partial charge in [0, 0.05) is 36.2 Å². The van der Waals surface area contributed by atoms with Crippen molar-refractivity contribution >= 4 is 17.5 Å². The number of hydrogen-bond acceptors (Lipinski definition) is 3. The van der Waals surface area contributed by atoms with Gasteiger partial charge in [0.05, 0.1) is 6.04 Å². The van der Waals surface area contributed by atoms with Crippen LogP contribution in [0.4, 0.5) is 5.69 Å². The topological polar surface area (TPSA) is 58.6 Å². The van der Waals surface area contributed by atoms with E-state index in [2.05, 4.69) is 5.32 Å². The number of ether oxygens (including phenoxy) is 1. The summed E-state index contributed by atoms with van der Waals surface area (Å²) < 4.78 is 6.11. The molecule has 0 aromatic heterocycles. The summed E-state index contributed by atoms with van der Waals surface area (Å²) in [4.78, 5) is 26.5. The maximum Gasteiger partial charge on any atom is 0.251 e. The number of amides is 2. The van der Waals surface area contributed by atoms with Gasteiger partial charge in [0.2, 0.25) is 5.91 Å². The van der Waals surface area contributed by atoms with Gasteiger partial charge in [-0.25, -0.2) is 0 Å². The fourth-order valence-electron chi connectivity index (χ4n) is 4.04. The van der Waals surface area contributed by atoms with Crippen LogP contribution < -0.4 is 15.0 Å². The molecule has 1 atom stereocenters. The van der Waals surface area contributed by atoms with Crippen molar-refractivity contribution in [2.75, 3.05) is 11.4 Å². The number of nitrogens with one attached hydrogen (secondary N) is 1. The van der Waals surface area contributed by atoms with E-state index >= 15 is 0 Å². The highest BCUT2D eigenvalue weighted by atomic mass is 16.5. The number of rotatable bonds is 3. The molecule has 1 fully saturated rings. The van der Waals surface area contributed by atoms with Crippen molar-refractivity contribution in [1.82, 2.24) is 5.32 Å². The highest BCUT2D eigenvalue weighted by molar-refractivity contribution is 5.97. The third kappa shape index (κ3) is 3.61. The molecule has 5 nitrogen and oxygen atoms in total. The molecule has 0 saturated carbocycles. The molecule has 0 aliphatic carbocycles. The van der Waals surface area contributed by atoms with Crippen molar-refractivity contribution in [3.8, 4) is 5.75 Å². The molecule has 146 valence electrons. The Hall–Kier alpha value is -2.82. The summed E-state index contributed by atoms with van der Waals surface area (Å²) in [5, 5.41) is 3.16. The van der Waals surface area contributed by atoms with Gasteiger partial charge in [0.1, 0.15) is 11.4 Å².